The molecule has 1 fully saturated rings. The summed E-state index contributed by atoms with van der Waals surface area (Å²) in [5, 5.41) is 7.10. The minimum Gasteiger partial charge on any atom is -0.368 e. The fourth-order valence-electron chi connectivity index (χ4n) is 4.45. The van der Waals surface area contributed by atoms with Crippen LogP contribution in [-0.4, -0.2) is 63.8 Å². The highest BCUT2D eigenvalue weighted by Crippen LogP contribution is 2.57. The van der Waals surface area contributed by atoms with E-state index in [4.69, 9.17) is 52.1 Å². The van der Waals surface area contributed by atoms with Crippen molar-refractivity contribution < 1.29 is 4.79 Å². The molecule has 184 valence electrons. The van der Waals surface area contributed by atoms with Crippen LogP contribution in [0.2, 0.25) is 5.02 Å². The molecule has 0 bridgehead atoms. The highest BCUT2D eigenvalue weighted by atomic mass is 35.5. The zero-order valence-electron chi connectivity index (χ0n) is 18.9. The molecular weight excluding hydrogens is 534 g/mol. The minimum absolute atomic E-state index is 0.0526. The summed E-state index contributed by atoms with van der Waals surface area (Å²) in [6.45, 7) is 3.80. The molecule has 1 aliphatic heterocycles. The predicted molar refractivity (Wildman–Crippen MR) is 139 cm³/mol. The van der Waals surface area contributed by atoms with E-state index in [1.165, 1.54) is 4.68 Å². The molecule has 35 heavy (non-hydrogen) atoms. The standard InChI is InChI=1S/C22H22Cl4N8O/c1-32-5-7-34(8-6-32)14-4-3-11(9-13(14)23)29-21-28-10-12-16(30-21)18-15(22(25,26)19(12)24)17(20(27)35)31-33(18)2/h3-4,9-10,19H,5-8H2,1-2H3,(H2,27,35)(H,28,29,30). The van der Waals surface area contributed by atoms with Gasteiger partial charge in [0.2, 0.25) is 5.95 Å². The van der Waals surface area contributed by atoms with Crippen LogP contribution >= 0.6 is 46.4 Å². The van der Waals surface area contributed by atoms with Gasteiger partial charge < -0.3 is 20.9 Å². The zero-order chi connectivity index (χ0) is 25.1. The number of carbonyl (C=O) groups excluding carboxylic acids is 1. The second-order valence-electron chi connectivity index (χ2n) is 8.62. The van der Waals surface area contributed by atoms with E-state index in [9.17, 15) is 4.79 Å². The molecule has 2 aromatic heterocycles. The number of hydrogen-bond donors (Lipinski definition) is 2. The van der Waals surface area contributed by atoms with E-state index in [1.54, 1.807) is 13.2 Å². The number of halogens is 4. The molecule has 1 atom stereocenters. The summed E-state index contributed by atoms with van der Waals surface area (Å²) in [6, 6.07) is 5.75. The van der Waals surface area contributed by atoms with Crippen LogP contribution in [0.1, 0.15) is 27.0 Å². The maximum absolute atomic E-state index is 12.0. The first-order valence-electron chi connectivity index (χ1n) is 10.8. The third-order valence-electron chi connectivity index (χ3n) is 6.29. The lowest BCUT2D eigenvalue weighted by atomic mass is 9.91. The van der Waals surface area contributed by atoms with Gasteiger partial charge in [-0.3, -0.25) is 9.48 Å². The molecule has 0 saturated carbocycles. The molecule has 13 heteroatoms. The predicted octanol–water partition coefficient (Wildman–Crippen LogP) is 4.05. The zero-order valence-corrected chi connectivity index (χ0v) is 21.9. The first-order chi connectivity index (χ1) is 16.6. The Morgan fingerprint density at radius 1 is 1.20 bits per heavy atom. The quantitative estimate of drug-likeness (QED) is 0.468. The lowest BCUT2D eigenvalue weighted by Gasteiger charge is -2.34. The monoisotopic (exact) mass is 554 g/mol. The number of rotatable bonds is 4. The maximum atomic E-state index is 12.0. The highest BCUT2D eigenvalue weighted by Gasteiger charge is 2.49. The fraction of sp³-hybridized carbons (Fsp3) is 0.364. The number of hydrogen-bond acceptors (Lipinski definition) is 7. The fourth-order valence-corrected chi connectivity index (χ4v) is 5.61. The molecule has 0 spiro atoms. The Morgan fingerprint density at radius 2 is 1.91 bits per heavy atom. The van der Waals surface area contributed by atoms with Crippen molar-refractivity contribution >= 4 is 69.6 Å². The van der Waals surface area contributed by atoms with Crippen LogP contribution in [0.5, 0.6) is 0 Å². The van der Waals surface area contributed by atoms with Crippen molar-refractivity contribution in [1.29, 1.82) is 0 Å². The average molecular weight is 556 g/mol. The number of likely N-dealkylation sites (N-methyl/N-ethyl adjacent to an activating group) is 1. The largest absolute Gasteiger partial charge is 0.368 e. The number of anilines is 3. The van der Waals surface area contributed by atoms with Crippen molar-refractivity contribution in [3.63, 3.8) is 0 Å². The van der Waals surface area contributed by atoms with Crippen LogP contribution in [-0.2, 0) is 11.4 Å². The maximum Gasteiger partial charge on any atom is 0.269 e. The Hall–Kier alpha value is -2.30. The van der Waals surface area contributed by atoms with E-state index in [1.807, 2.05) is 18.2 Å². The van der Waals surface area contributed by atoms with Crippen molar-refractivity contribution in [1.82, 2.24) is 24.6 Å². The summed E-state index contributed by atoms with van der Waals surface area (Å²) < 4.78 is -0.178. The van der Waals surface area contributed by atoms with Gasteiger partial charge in [-0.25, -0.2) is 9.97 Å². The summed E-state index contributed by atoms with van der Waals surface area (Å²) >= 11 is 26.4. The molecule has 1 amide bonds. The number of nitrogens with one attached hydrogen (secondary N) is 1. The van der Waals surface area contributed by atoms with Gasteiger partial charge in [0.25, 0.3) is 5.91 Å². The van der Waals surface area contributed by atoms with Gasteiger partial charge in [0.1, 0.15) is 0 Å². The van der Waals surface area contributed by atoms with E-state index < -0.39 is 15.6 Å². The molecule has 5 rings (SSSR count). The van der Waals surface area contributed by atoms with Crippen LogP contribution in [0.15, 0.2) is 24.4 Å². The van der Waals surface area contributed by atoms with Crippen molar-refractivity contribution in [3.05, 3.63) is 46.2 Å². The van der Waals surface area contributed by atoms with Crippen molar-refractivity contribution in [3.8, 4) is 11.4 Å². The van der Waals surface area contributed by atoms with Crippen LogP contribution in [0, 0.1) is 0 Å². The molecular formula is C22H22Cl4N8O. The lowest BCUT2D eigenvalue weighted by Crippen LogP contribution is -2.44. The Labute approximate surface area is 222 Å². The first-order valence-corrected chi connectivity index (χ1v) is 12.4. The molecule has 9 nitrogen and oxygen atoms in total. The van der Waals surface area contributed by atoms with Crippen LogP contribution in [0.25, 0.3) is 11.4 Å². The number of nitrogens with zero attached hydrogens (tertiary/aromatic N) is 6. The number of amides is 1. The van der Waals surface area contributed by atoms with Gasteiger partial charge in [0, 0.05) is 50.7 Å². The van der Waals surface area contributed by atoms with Crippen LogP contribution in [0.3, 0.4) is 0 Å². The summed E-state index contributed by atoms with van der Waals surface area (Å²) in [5.41, 5.74) is 8.82. The van der Waals surface area contributed by atoms with E-state index in [0.29, 0.717) is 27.9 Å². The number of aryl methyl sites for hydroxylation is 1. The molecule has 1 aliphatic carbocycles. The Kier molecular flexibility index (Phi) is 6.26. The van der Waals surface area contributed by atoms with Gasteiger partial charge in [-0.2, -0.15) is 5.10 Å². The second-order valence-corrected chi connectivity index (χ2v) is 10.9. The molecule has 3 heterocycles. The molecule has 3 aromatic rings. The minimum atomic E-state index is -1.65. The van der Waals surface area contributed by atoms with Crippen molar-refractivity contribution in [2.75, 3.05) is 43.4 Å². The Morgan fingerprint density at radius 3 is 2.57 bits per heavy atom. The Bertz CT molecular complexity index is 1320. The van der Waals surface area contributed by atoms with Crippen molar-refractivity contribution in [2.24, 2.45) is 12.8 Å². The van der Waals surface area contributed by atoms with Gasteiger partial charge in [-0.1, -0.05) is 34.8 Å². The average Bonchev–Trinajstić information content (AvgIpc) is 3.17. The van der Waals surface area contributed by atoms with Crippen LogP contribution in [0.4, 0.5) is 17.3 Å². The van der Waals surface area contributed by atoms with Gasteiger partial charge in [0.15, 0.2) is 10.0 Å². The molecule has 3 N–H and O–H groups in total. The second kappa shape index (κ2) is 8.97. The number of primary amides is 1. The third kappa shape index (κ3) is 4.19. The van der Waals surface area contributed by atoms with Crippen molar-refractivity contribution in [2.45, 2.75) is 9.71 Å². The molecule has 1 unspecified atom stereocenters. The summed E-state index contributed by atoms with van der Waals surface area (Å²) in [7, 11) is 3.76. The number of alkyl halides is 3. The Balaban J connectivity index is 1.48. The van der Waals surface area contributed by atoms with Gasteiger partial charge in [-0.15, -0.1) is 11.6 Å². The van der Waals surface area contributed by atoms with Gasteiger partial charge in [0.05, 0.1) is 33.0 Å². The lowest BCUT2D eigenvalue weighted by molar-refractivity contribution is 0.0993. The molecule has 1 aromatic carbocycles. The van der Waals surface area contributed by atoms with E-state index in [0.717, 1.165) is 37.6 Å². The molecule has 0 radical (unpaired) electrons. The molecule has 1 saturated heterocycles. The first kappa shape index (κ1) is 24.4. The van der Waals surface area contributed by atoms with E-state index in [-0.39, 0.29) is 11.3 Å². The SMILES string of the molecule is CN1CCN(c2ccc(Nc3ncc4c(n3)-c3c(c(C(N)=O)nn3C)C(Cl)(Cl)C4Cl)cc2Cl)CC1. The number of fused-ring (bicyclic) bond motifs is 3. The summed E-state index contributed by atoms with van der Waals surface area (Å²) in [6.07, 6.45) is 1.56. The van der Waals surface area contributed by atoms with Crippen LogP contribution < -0.4 is 16.0 Å². The molecule has 2 aliphatic rings. The number of carbonyl (C=O) groups is 1. The number of piperazine rings is 1. The highest BCUT2D eigenvalue weighted by molar-refractivity contribution is 6.52. The smallest absolute Gasteiger partial charge is 0.269 e. The third-order valence-corrected chi connectivity index (χ3v) is 8.20. The van der Waals surface area contributed by atoms with E-state index in [2.05, 4.69) is 37.2 Å². The summed E-state index contributed by atoms with van der Waals surface area (Å²) in [4.78, 5) is 25.6. The number of aromatic nitrogens is 4. The summed E-state index contributed by atoms with van der Waals surface area (Å²) in [5.74, 6) is -0.456. The normalized spacial score (nSPS) is 19.3. The van der Waals surface area contributed by atoms with Gasteiger partial charge >= 0.3 is 0 Å². The van der Waals surface area contributed by atoms with Gasteiger partial charge in [-0.05, 0) is 25.2 Å². The topological polar surface area (TPSA) is 105 Å². The number of benzene rings is 1. The van der Waals surface area contributed by atoms with E-state index >= 15 is 0 Å². The number of nitrogens with two attached hydrogens (primary N) is 1.